The van der Waals surface area contributed by atoms with E-state index in [4.69, 9.17) is 0 Å². The molecule has 0 saturated heterocycles. The monoisotopic (exact) mass is 313 g/mol. The summed E-state index contributed by atoms with van der Waals surface area (Å²) in [5.74, 6) is 1.24. The average Bonchev–Trinajstić information content (AvgIpc) is 2.75. The van der Waals surface area contributed by atoms with Crippen molar-refractivity contribution in [3.63, 3.8) is 0 Å². The Bertz CT molecular complexity index is 327. The van der Waals surface area contributed by atoms with Gasteiger partial charge in [0.1, 0.15) is 4.34 Å². The number of rotatable bonds is 12. The molecule has 0 atom stereocenters. The van der Waals surface area contributed by atoms with Crippen LogP contribution in [0.15, 0.2) is 4.34 Å². The van der Waals surface area contributed by atoms with Crippen LogP contribution in [-0.4, -0.2) is 10.7 Å². The maximum Gasteiger partial charge on any atom is 0.150 e. The standard InChI is InChI=1S/C17H31NS2/c1-4-5-6-7-8-9-10-11-12-13-14-19-17-18-15(2)16(3)20-17/h4-14H2,1-3H3. The van der Waals surface area contributed by atoms with Gasteiger partial charge in [0.2, 0.25) is 0 Å². The number of hydrogen-bond acceptors (Lipinski definition) is 3. The molecule has 0 fully saturated rings. The molecule has 0 aliphatic heterocycles. The van der Waals surface area contributed by atoms with E-state index in [1.54, 1.807) is 0 Å². The van der Waals surface area contributed by atoms with Crippen molar-refractivity contribution in [1.29, 1.82) is 0 Å². The minimum atomic E-state index is 1.21. The molecule has 20 heavy (non-hydrogen) atoms. The van der Waals surface area contributed by atoms with Gasteiger partial charge in [-0.1, -0.05) is 76.5 Å². The van der Waals surface area contributed by atoms with Crippen molar-refractivity contribution in [1.82, 2.24) is 4.98 Å². The average molecular weight is 314 g/mol. The van der Waals surface area contributed by atoms with E-state index >= 15 is 0 Å². The largest absolute Gasteiger partial charge is 0.235 e. The Morgan fingerprint density at radius 1 is 0.850 bits per heavy atom. The molecular formula is C17H31NS2. The van der Waals surface area contributed by atoms with Crippen LogP contribution in [-0.2, 0) is 0 Å². The Balaban J connectivity index is 1.85. The summed E-state index contributed by atoms with van der Waals surface area (Å²) >= 11 is 3.79. The molecule has 0 radical (unpaired) electrons. The van der Waals surface area contributed by atoms with Gasteiger partial charge in [-0.15, -0.1) is 11.3 Å². The fourth-order valence-corrected chi connectivity index (χ4v) is 4.48. The second kappa shape index (κ2) is 11.6. The highest BCUT2D eigenvalue weighted by Crippen LogP contribution is 2.27. The highest BCUT2D eigenvalue weighted by molar-refractivity contribution is 8.01. The molecule has 1 aromatic heterocycles. The molecule has 1 aromatic rings. The first-order chi connectivity index (χ1) is 9.74. The molecule has 3 heteroatoms. The summed E-state index contributed by atoms with van der Waals surface area (Å²) in [6, 6.07) is 0. The predicted molar refractivity (Wildman–Crippen MR) is 94.2 cm³/mol. The van der Waals surface area contributed by atoms with Crippen molar-refractivity contribution in [3.8, 4) is 0 Å². The molecule has 1 rings (SSSR count). The number of thiazole rings is 1. The lowest BCUT2D eigenvalue weighted by atomic mass is 10.1. The maximum absolute atomic E-state index is 4.57. The molecule has 1 heterocycles. The summed E-state index contributed by atoms with van der Waals surface area (Å²) in [6.07, 6.45) is 14.2. The van der Waals surface area contributed by atoms with E-state index in [9.17, 15) is 0 Å². The molecule has 116 valence electrons. The topological polar surface area (TPSA) is 12.9 Å². The van der Waals surface area contributed by atoms with Gasteiger partial charge in [0.15, 0.2) is 0 Å². The van der Waals surface area contributed by atoms with Gasteiger partial charge in [0.05, 0.1) is 5.69 Å². The first-order valence-electron chi connectivity index (χ1n) is 8.31. The smallest absolute Gasteiger partial charge is 0.150 e. The zero-order valence-corrected chi connectivity index (χ0v) is 15.2. The molecule has 0 aromatic carbocycles. The minimum absolute atomic E-state index is 1.21. The van der Waals surface area contributed by atoms with E-state index in [0.717, 1.165) is 0 Å². The van der Waals surface area contributed by atoms with Gasteiger partial charge in [-0.05, 0) is 20.3 Å². The molecule has 0 aliphatic carbocycles. The van der Waals surface area contributed by atoms with Gasteiger partial charge in [-0.25, -0.2) is 4.98 Å². The number of aryl methyl sites for hydroxylation is 2. The van der Waals surface area contributed by atoms with Gasteiger partial charge in [0, 0.05) is 10.6 Å². The molecule has 0 aliphatic rings. The lowest BCUT2D eigenvalue weighted by Crippen LogP contribution is -1.84. The highest BCUT2D eigenvalue weighted by Gasteiger charge is 2.03. The molecule has 0 amide bonds. The molecule has 0 spiro atoms. The van der Waals surface area contributed by atoms with E-state index in [0.29, 0.717) is 0 Å². The summed E-state index contributed by atoms with van der Waals surface area (Å²) in [4.78, 5) is 5.95. The summed E-state index contributed by atoms with van der Waals surface area (Å²) in [6.45, 7) is 6.56. The van der Waals surface area contributed by atoms with Crippen molar-refractivity contribution in [2.45, 2.75) is 89.3 Å². The van der Waals surface area contributed by atoms with Gasteiger partial charge in [-0.3, -0.25) is 0 Å². The lowest BCUT2D eigenvalue weighted by Gasteiger charge is -2.01. The Kier molecular flexibility index (Phi) is 10.5. The van der Waals surface area contributed by atoms with Crippen molar-refractivity contribution in [2.75, 3.05) is 5.75 Å². The summed E-state index contributed by atoms with van der Waals surface area (Å²) in [5, 5.41) is 0. The van der Waals surface area contributed by atoms with Crippen LogP contribution in [0, 0.1) is 13.8 Å². The van der Waals surface area contributed by atoms with Crippen molar-refractivity contribution in [2.24, 2.45) is 0 Å². The molecule has 0 saturated carbocycles. The zero-order chi connectivity index (χ0) is 14.6. The summed E-state index contributed by atoms with van der Waals surface area (Å²) in [5.41, 5.74) is 1.21. The third kappa shape index (κ3) is 8.31. The SMILES string of the molecule is CCCCCCCCCCCCSc1nc(C)c(C)s1. The highest BCUT2D eigenvalue weighted by atomic mass is 32.2. The Hall–Kier alpha value is -0.0200. The van der Waals surface area contributed by atoms with Gasteiger partial charge < -0.3 is 0 Å². The van der Waals surface area contributed by atoms with Crippen molar-refractivity contribution >= 4 is 23.1 Å². The molecule has 1 nitrogen and oxygen atoms in total. The normalized spacial score (nSPS) is 11.2. The number of unbranched alkanes of at least 4 members (excludes halogenated alkanes) is 9. The van der Waals surface area contributed by atoms with Crippen LogP contribution in [0.3, 0.4) is 0 Å². The van der Waals surface area contributed by atoms with Crippen LogP contribution < -0.4 is 0 Å². The third-order valence-corrected chi connectivity index (χ3v) is 6.03. The number of hydrogen-bond donors (Lipinski definition) is 0. The number of thioether (sulfide) groups is 1. The Morgan fingerprint density at radius 2 is 1.40 bits per heavy atom. The Morgan fingerprint density at radius 3 is 1.90 bits per heavy atom. The van der Waals surface area contributed by atoms with Crippen molar-refractivity contribution < 1.29 is 0 Å². The van der Waals surface area contributed by atoms with E-state index in [-0.39, 0.29) is 0 Å². The van der Waals surface area contributed by atoms with Crippen LogP contribution in [0.5, 0.6) is 0 Å². The molecule has 0 unspecified atom stereocenters. The van der Waals surface area contributed by atoms with Gasteiger partial charge in [-0.2, -0.15) is 0 Å². The van der Waals surface area contributed by atoms with Crippen LogP contribution in [0.2, 0.25) is 0 Å². The first-order valence-corrected chi connectivity index (χ1v) is 10.1. The fourth-order valence-electron chi connectivity index (χ4n) is 2.25. The van der Waals surface area contributed by atoms with E-state index in [1.807, 2.05) is 23.1 Å². The second-order valence-electron chi connectivity index (χ2n) is 5.65. The van der Waals surface area contributed by atoms with Crippen molar-refractivity contribution in [3.05, 3.63) is 10.6 Å². The molecular weight excluding hydrogens is 282 g/mol. The Labute approximate surface area is 134 Å². The summed E-state index contributed by atoms with van der Waals surface area (Å²) < 4.78 is 1.26. The number of aromatic nitrogens is 1. The van der Waals surface area contributed by atoms with Gasteiger partial charge in [0.25, 0.3) is 0 Å². The summed E-state index contributed by atoms with van der Waals surface area (Å²) in [7, 11) is 0. The molecule has 0 bridgehead atoms. The van der Waals surface area contributed by atoms with E-state index in [2.05, 4.69) is 25.8 Å². The van der Waals surface area contributed by atoms with E-state index < -0.39 is 0 Å². The second-order valence-corrected chi connectivity index (χ2v) is 8.20. The van der Waals surface area contributed by atoms with Crippen LogP contribution in [0.1, 0.15) is 81.7 Å². The van der Waals surface area contributed by atoms with Gasteiger partial charge >= 0.3 is 0 Å². The zero-order valence-electron chi connectivity index (χ0n) is 13.5. The number of nitrogens with zero attached hydrogens (tertiary/aromatic N) is 1. The predicted octanol–water partition coefficient (Wildman–Crippen LogP) is 6.77. The quantitative estimate of drug-likeness (QED) is 0.312. The lowest BCUT2D eigenvalue weighted by molar-refractivity contribution is 0.563. The maximum atomic E-state index is 4.57. The minimum Gasteiger partial charge on any atom is -0.235 e. The molecule has 0 N–H and O–H groups in total. The van der Waals surface area contributed by atoms with Crippen LogP contribution in [0.4, 0.5) is 0 Å². The van der Waals surface area contributed by atoms with Crippen LogP contribution >= 0.6 is 23.1 Å². The third-order valence-electron chi connectivity index (χ3n) is 3.73. The van der Waals surface area contributed by atoms with E-state index in [1.165, 1.54) is 84.9 Å². The van der Waals surface area contributed by atoms with Crippen LogP contribution in [0.25, 0.3) is 0 Å². The fraction of sp³-hybridized carbons (Fsp3) is 0.824. The first kappa shape index (κ1) is 18.0.